The number of esters is 2. The molecular weight excluding hydrogens is 344 g/mol. The monoisotopic (exact) mass is 364 g/mol. The number of hydrogen-bond donors (Lipinski definition) is 1. The van der Waals surface area contributed by atoms with Crippen LogP contribution in [0.4, 0.5) is 4.79 Å². The molecule has 0 amide bonds. The number of ether oxygens (including phenoxy) is 4. The lowest BCUT2D eigenvalue weighted by atomic mass is 9.78. The molecule has 0 saturated heterocycles. The molecule has 1 aromatic rings. The Kier molecular flexibility index (Phi) is 7.96. The standard InChI is InChI=1S/C18H20O8/c1-23-15(20)18(16(21)24-2,10-4-5-11-26-17(22)25-3)12-13-6-8-14(19)9-7-13/h6-9,19H,10-12H2,1-3H3. The van der Waals surface area contributed by atoms with Gasteiger partial charge in [-0.25, -0.2) is 4.79 Å². The van der Waals surface area contributed by atoms with Crippen LogP contribution in [0.15, 0.2) is 24.3 Å². The smallest absolute Gasteiger partial charge is 0.508 e. The molecule has 0 aliphatic carbocycles. The van der Waals surface area contributed by atoms with E-state index in [0.717, 1.165) is 21.3 Å². The van der Waals surface area contributed by atoms with Crippen molar-refractivity contribution in [2.24, 2.45) is 5.41 Å². The number of carbonyl (C=O) groups excluding carboxylic acids is 3. The van der Waals surface area contributed by atoms with Gasteiger partial charge in [0.2, 0.25) is 0 Å². The summed E-state index contributed by atoms with van der Waals surface area (Å²) in [4.78, 5) is 35.6. The van der Waals surface area contributed by atoms with Gasteiger partial charge < -0.3 is 24.1 Å². The van der Waals surface area contributed by atoms with E-state index in [1.165, 1.54) is 12.1 Å². The zero-order valence-corrected chi connectivity index (χ0v) is 14.7. The normalized spacial score (nSPS) is 10.1. The van der Waals surface area contributed by atoms with Gasteiger partial charge in [-0.2, -0.15) is 0 Å². The van der Waals surface area contributed by atoms with Crippen LogP contribution < -0.4 is 0 Å². The molecule has 0 radical (unpaired) electrons. The van der Waals surface area contributed by atoms with Gasteiger partial charge >= 0.3 is 18.1 Å². The largest absolute Gasteiger partial charge is 0.508 e. The molecular formula is C18H20O8. The number of phenolic OH excluding ortho intramolecular Hbond substituents is 1. The quantitative estimate of drug-likeness (QED) is 0.350. The van der Waals surface area contributed by atoms with Gasteiger partial charge in [-0.3, -0.25) is 9.59 Å². The number of rotatable bonds is 6. The molecule has 0 heterocycles. The van der Waals surface area contributed by atoms with Crippen molar-refractivity contribution in [3.05, 3.63) is 29.8 Å². The average molecular weight is 364 g/mol. The summed E-state index contributed by atoms with van der Waals surface area (Å²) >= 11 is 0. The van der Waals surface area contributed by atoms with Crippen molar-refractivity contribution in [2.75, 3.05) is 27.9 Å². The summed E-state index contributed by atoms with van der Waals surface area (Å²) in [5.74, 6) is 3.61. The van der Waals surface area contributed by atoms with Gasteiger partial charge in [0.15, 0.2) is 12.0 Å². The molecule has 26 heavy (non-hydrogen) atoms. The predicted molar refractivity (Wildman–Crippen MR) is 89.0 cm³/mol. The van der Waals surface area contributed by atoms with E-state index in [-0.39, 0.29) is 25.2 Å². The highest BCUT2D eigenvalue weighted by Crippen LogP contribution is 2.31. The second kappa shape index (κ2) is 9.93. The molecule has 1 N–H and O–H groups in total. The average Bonchev–Trinajstić information content (AvgIpc) is 2.66. The summed E-state index contributed by atoms with van der Waals surface area (Å²) in [5, 5.41) is 9.37. The van der Waals surface area contributed by atoms with E-state index >= 15 is 0 Å². The first-order valence-corrected chi connectivity index (χ1v) is 7.51. The molecule has 0 saturated carbocycles. The topological polar surface area (TPSA) is 108 Å². The Labute approximate surface area is 151 Å². The SMILES string of the molecule is COC(=O)OCC#CCC(Cc1ccc(O)cc1)(C(=O)OC)C(=O)OC. The fraction of sp³-hybridized carbons (Fsp3) is 0.389. The van der Waals surface area contributed by atoms with Crippen molar-refractivity contribution < 1.29 is 38.4 Å². The summed E-state index contributed by atoms with van der Waals surface area (Å²) in [6.07, 6.45) is -1.15. The third-order valence-corrected chi connectivity index (χ3v) is 3.54. The first-order chi connectivity index (χ1) is 12.4. The molecule has 0 fully saturated rings. The molecule has 8 heteroatoms. The molecule has 0 aromatic heterocycles. The maximum absolute atomic E-state index is 12.4. The van der Waals surface area contributed by atoms with Gasteiger partial charge in [0.1, 0.15) is 5.75 Å². The van der Waals surface area contributed by atoms with Crippen LogP contribution in [0.1, 0.15) is 12.0 Å². The second-order valence-electron chi connectivity index (χ2n) is 5.18. The van der Waals surface area contributed by atoms with Gasteiger partial charge in [0, 0.05) is 12.8 Å². The van der Waals surface area contributed by atoms with Crippen molar-refractivity contribution in [2.45, 2.75) is 12.8 Å². The lowest BCUT2D eigenvalue weighted by molar-refractivity contribution is -0.168. The van der Waals surface area contributed by atoms with E-state index in [9.17, 15) is 19.5 Å². The van der Waals surface area contributed by atoms with Crippen LogP contribution in [0.3, 0.4) is 0 Å². The van der Waals surface area contributed by atoms with Crippen molar-refractivity contribution in [3.8, 4) is 17.6 Å². The van der Waals surface area contributed by atoms with Crippen LogP contribution in [-0.4, -0.2) is 51.1 Å². The van der Waals surface area contributed by atoms with E-state index in [4.69, 9.17) is 9.47 Å². The Morgan fingerprint density at radius 1 is 0.962 bits per heavy atom. The molecule has 0 spiro atoms. The summed E-state index contributed by atoms with van der Waals surface area (Å²) in [5.41, 5.74) is -1.09. The Hall–Kier alpha value is -3.21. The minimum atomic E-state index is -1.70. The lowest BCUT2D eigenvalue weighted by Gasteiger charge is -2.26. The maximum atomic E-state index is 12.4. The Morgan fingerprint density at radius 2 is 1.54 bits per heavy atom. The van der Waals surface area contributed by atoms with E-state index in [2.05, 4.69) is 21.3 Å². The first kappa shape index (κ1) is 20.8. The number of aromatic hydroxyl groups is 1. The van der Waals surface area contributed by atoms with Crippen molar-refractivity contribution in [1.29, 1.82) is 0 Å². The van der Waals surface area contributed by atoms with Crippen molar-refractivity contribution in [3.63, 3.8) is 0 Å². The predicted octanol–water partition coefficient (Wildman–Crippen LogP) is 1.44. The van der Waals surface area contributed by atoms with Crippen LogP contribution in [0.2, 0.25) is 0 Å². The Balaban J connectivity index is 3.08. The van der Waals surface area contributed by atoms with E-state index < -0.39 is 23.5 Å². The summed E-state index contributed by atoms with van der Waals surface area (Å²) in [6, 6.07) is 6.02. The second-order valence-corrected chi connectivity index (χ2v) is 5.18. The van der Waals surface area contributed by atoms with Crippen LogP contribution in [-0.2, 0) is 35.0 Å². The fourth-order valence-electron chi connectivity index (χ4n) is 2.21. The molecule has 0 bridgehead atoms. The Morgan fingerprint density at radius 3 is 2.04 bits per heavy atom. The van der Waals surface area contributed by atoms with Crippen LogP contribution >= 0.6 is 0 Å². The fourth-order valence-corrected chi connectivity index (χ4v) is 2.21. The van der Waals surface area contributed by atoms with Gasteiger partial charge in [0.05, 0.1) is 21.3 Å². The van der Waals surface area contributed by atoms with Crippen molar-refractivity contribution >= 4 is 18.1 Å². The van der Waals surface area contributed by atoms with E-state index in [1.54, 1.807) is 12.1 Å². The third-order valence-electron chi connectivity index (χ3n) is 3.54. The summed E-state index contributed by atoms with van der Waals surface area (Å²) in [7, 11) is 3.47. The van der Waals surface area contributed by atoms with E-state index in [1.807, 2.05) is 0 Å². The van der Waals surface area contributed by atoms with Crippen molar-refractivity contribution in [1.82, 2.24) is 0 Å². The zero-order chi connectivity index (χ0) is 19.6. The number of methoxy groups -OCH3 is 3. The summed E-state index contributed by atoms with van der Waals surface area (Å²) < 4.78 is 18.5. The van der Waals surface area contributed by atoms with Crippen LogP contribution in [0.5, 0.6) is 5.75 Å². The molecule has 140 valence electrons. The number of phenols is 1. The molecule has 0 atom stereocenters. The van der Waals surface area contributed by atoms with Gasteiger partial charge in [-0.15, -0.1) is 0 Å². The molecule has 0 aliphatic heterocycles. The molecule has 8 nitrogen and oxygen atoms in total. The number of carbonyl (C=O) groups is 3. The molecule has 1 rings (SSSR count). The summed E-state index contributed by atoms with van der Waals surface area (Å²) in [6.45, 7) is -0.260. The highest BCUT2D eigenvalue weighted by molar-refractivity contribution is 6.00. The molecule has 1 aromatic carbocycles. The third kappa shape index (κ3) is 5.41. The minimum absolute atomic E-state index is 0.0425. The lowest BCUT2D eigenvalue weighted by Crippen LogP contribution is -2.43. The molecule has 0 unspecified atom stereocenters. The van der Waals surface area contributed by atoms with Gasteiger partial charge in [-0.1, -0.05) is 24.0 Å². The first-order valence-electron chi connectivity index (χ1n) is 7.51. The highest BCUT2D eigenvalue weighted by Gasteiger charge is 2.48. The van der Waals surface area contributed by atoms with E-state index in [0.29, 0.717) is 5.56 Å². The van der Waals surface area contributed by atoms with Crippen LogP contribution in [0.25, 0.3) is 0 Å². The number of hydrogen-bond acceptors (Lipinski definition) is 8. The minimum Gasteiger partial charge on any atom is -0.508 e. The highest BCUT2D eigenvalue weighted by atomic mass is 16.7. The Bertz CT molecular complexity index is 680. The number of benzene rings is 1. The maximum Gasteiger partial charge on any atom is 0.508 e. The van der Waals surface area contributed by atoms with Gasteiger partial charge in [0.25, 0.3) is 0 Å². The zero-order valence-electron chi connectivity index (χ0n) is 14.7. The molecule has 0 aliphatic rings. The van der Waals surface area contributed by atoms with Gasteiger partial charge in [-0.05, 0) is 17.7 Å². The van der Waals surface area contributed by atoms with Crippen LogP contribution in [0, 0.1) is 17.3 Å².